The second kappa shape index (κ2) is 5.35. The van der Waals surface area contributed by atoms with Gasteiger partial charge in [0.2, 0.25) is 11.8 Å². The lowest BCUT2D eigenvalue weighted by molar-refractivity contribution is -0.154. The van der Waals surface area contributed by atoms with Crippen LogP contribution >= 0.6 is 0 Å². The SMILES string of the molecule is C=CCN1C(=O)C2(CCCC2)NC(=O)C1c1ccccc1. The molecule has 1 heterocycles. The molecule has 0 bridgehead atoms. The van der Waals surface area contributed by atoms with Crippen molar-refractivity contribution in [1.82, 2.24) is 10.2 Å². The summed E-state index contributed by atoms with van der Waals surface area (Å²) in [4.78, 5) is 27.3. The Bertz CT molecular complexity index is 561. The lowest BCUT2D eigenvalue weighted by Gasteiger charge is -2.44. The molecule has 110 valence electrons. The van der Waals surface area contributed by atoms with Gasteiger partial charge in [-0.15, -0.1) is 6.58 Å². The number of hydrogen-bond acceptors (Lipinski definition) is 2. The smallest absolute Gasteiger partial charge is 0.249 e. The fourth-order valence-electron chi connectivity index (χ4n) is 3.50. The average molecular weight is 284 g/mol. The van der Waals surface area contributed by atoms with E-state index in [9.17, 15) is 9.59 Å². The topological polar surface area (TPSA) is 49.4 Å². The van der Waals surface area contributed by atoms with E-state index in [0.29, 0.717) is 6.54 Å². The minimum Gasteiger partial charge on any atom is -0.340 e. The van der Waals surface area contributed by atoms with Crippen LogP contribution in [0.1, 0.15) is 37.3 Å². The molecule has 1 atom stereocenters. The lowest BCUT2D eigenvalue weighted by atomic mass is 9.88. The van der Waals surface area contributed by atoms with E-state index >= 15 is 0 Å². The van der Waals surface area contributed by atoms with Gasteiger partial charge in [0.15, 0.2) is 0 Å². The Morgan fingerprint density at radius 2 is 1.90 bits per heavy atom. The van der Waals surface area contributed by atoms with E-state index in [-0.39, 0.29) is 11.8 Å². The van der Waals surface area contributed by atoms with Crippen molar-refractivity contribution in [3.05, 3.63) is 48.6 Å². The first-order chi connectivity index (χ1) is 10.2. The van der Waals surface area contributed by atoms with Crippen molar-refractivity contribution in [2.75, 3.05) is 6.54 Å². The quantitative estimate of drug-likeness (QED) is 0.865. The second-order valence-corrected chi connectivity index (χ2v) is 5.84. The molecule has 2 fully saturated rings. The molecule has 1 aliphatic heterocycles. The molecule has 4 heteroatoms. The van der Waals surface area contributed by atoms with Gasteiger partial charge in [0.05, 0.1) is 0 Å². The highest BCUT2D eigenvalue weighted by molar-refractivity contribution is 6.00. The molecular weight excluding hydrogens is 264 g/mol. The maximum absolute atomic E-state index is 12.9. The van der Waals surface area contributed by atoms with Gasteiger partial charge in [-0.25, -0.2) is 0 Å². The summed E-state index contributed by atoms with van der Waals surface area (Å²) in [5.74, 6) is -0.0436. The van der Waals surface area contributed by atoms with E-state index in [1.54, 1.807) is 11.0 Å². The Kier molecular flexibility index (Phi) is 3.53. The maximum atomic E-state index is 12.9. The molecule has 0 radical (unpaired) electrons. The maximum Gasteiger partial charge on any atom is 0.249 e. The Hall–Kier alpha value is -2.10. The molecule has 4 nitrogen and oxygen atoms in total. The second-order valence-electron chi connectivity index (χ2n) is 5.84. The first-order valence-electron chi connectivity index (χ1n) is 7.47. The normalized spacial score (nSPS) is 24.2. The predicted octanol–water partition coefficient (Wildman–Crippen LogP) is 2.18. The predicted molar refractivity (Wildman–Crippen MR) is 80.4 cm³/mol. The van der Waals surface area contributed by atoms with Gasteiger partial charge in [-0.3, -0.25) is 9.59 Å². The van der Waals surface area contributed by atoms with Gasteiger partial charge in [-0.1, -0.05) is 49.2 Å². The van der Waals surface area contributed by atoms with E-state index in [2.05, 4.69) is 11.9 Å². The largest absolute Gasteiger partial charge is 0.340 e. The van der Waals surface area contributed by atoms with Gasteiger partial charge in [0.25, 0.3) is 0 Å². The van der Waals surface area contributed by atoms with Crippen LogP contribution in [0.2, 0.25) is 0 Å². The molecule has 1 saturated heterocycles. The molecule has 1 aromatic carbocycles. The summed E-state index contributed by atoms with van der Waals surface area (Å²) >= 11 is 0. The number of benzene rings is 1. The first kappa shape index (κ1) is 13.9. The van der Waals surface area contributed by atoms with Crippen molar-refractivity contribution >= 4 is 11.8 Å². The van der Waals surface area contributed by atoms with Crippen LogP contribution in [0.5, 0.6) is 0 Å². The molecule has 1 N–H and O–H groups in total. The standard InChI is InChI=1S/C17H20N2O2/c1-2-12-19-14(13-8-4-3-5-9-13)15(20)18-17(16(19)21)10-6-7-11-17/h2-5,8-9,14H,1,6-7,10-12H2,(H,18,20). The zero-order valence-corrected chi connectivity index (χ0v) is 12.0. The molecule has 2 amide bonds. The molecular formula is C17H20N2O2. The highest BCUT2D eigenvalue weighted by Gasteiger charge is 2.51. The van der Waals surface area contributed by atoms with Crippen molar-refractivity contribution in [1.29, 1.82) is 0 Å². The first-order valence-corrected chi connectivity index (χ1v) is 7.47. The number of piperazine rings is 1. The molecule has 1 aromatic rings. The van der Waals surface area contributed by atoms with Gasteiger partial charge < -0.3 is 10.2 Å². The summed E-state index contributed by atoms with van der Waals surface area (Å²) in [6, 6.07) is 8.91. The Labute approximate surface area is 124 Å². The van der Waals surface area contributed by atoms with Crippen molar-refractivity contribution < 1.29 is 9.59 Å². The lowest BCUT2D eigenvalue weighted by Crippen LogP contribution is -2.66. The fraction of sp³-hybridized carbons (Fsp3) is 0.412. The van der Waals surface area contributed by atoms with Gasteiger partial charge in [-0.05, 0) is 18.4 Å². The van der Waals surface area contributed by atoms with Crippen molar-refractivity contribution in [3.8, 4) is 0 Å². The van der Waals surface area contributed by atoms with Crippen LogP contribution in [0.15, 0.2) is 43.0 Å². The Balaban J connectivity index is 1.99. The summed E-state index contributed by atoms with van der Waals surface area (Å²) in [5.41, 5.74) is 0.170. The van der Waals surface area contributed by atoms with Crippen molar-refractivity contribution in [2.24, 2.45) is 0 Å². The fourth-order valence-corrected chi connectivity index (χ4v) is 3.50. The zero-order chi connectivity index (χ0) is 14.9. The molecule has 1 saturated carbocycles. The molecule has 3 rings (SSSR count). The highest BCUT2D eigenvalue weighted by Crippen LogP contribution is 2.38. The van der Waals surface area contributed by atoms with Crippen LogP contribution < -0.4 is 5.32 Å². The van der Waals surface area contributed by atoms with Crippen LogP contribution in [0.25, 0.3) is 0 Å². The number of carbonyl (C=O) groups is 2. The average Bonchev–Trinajstić information content (AvgIpc) is 2.95. The van der Waals surface area contributed by atoms with Crippen LogP contribution in [0, 0.1) is 0 Å². The van der Waals surface area contributed by atoms with E-state index in [0.717, 1.165) is 31.2 Å². The number of carbonyl (C=O) groups excluding carboxylic acids is 2. The van der Waals surface area contributed by atoms with E-state index in [4.69, 9.17) is 0 Å². The monoisotopic (exact) mass is 284 g/mol. The number of nitrogens with zero attached hydrogens (tertiary/aromatic N) is 1. The zero-order valence-electron chi connectivity index (χ0n) is 12.0. The van der Waals surface area contributed by atoms with Gasteiger partial charge in [0.1, 0.15) is 11.6 Å². The third kappa shape index (κ3) is 2.24. The molecule has 1 aliphatic carbocycles. The number of rotatable bonds is 3. The summed E-state index contributed by atoms with van der Waals surface area (Å²) in [7, 11) is 0. The van der Waals surface area contributed by atoms with Crippen LogP contribution in [0.3, 0.4) is 0 Å². The molecule has 1 spiro atoms. The summed E-state index contributed by atoms with van der Waals surface area (Å²) in [5, 5.41) is 3.01. The molecule has 21 heavy (non-hydrogen) atoms. The number of amides is 2. The van der Waals surface area contributed by atoms with Crippen LogP contribution in [-0.2, 0) is 9.59 Å². The Morgan fingerprint density at radius 3 is 2.52 bits per heavy atom. The third-order valence-corrected chi connectivity index (χ3v) is 4.49. The Morgan fingerprint density at radius 1 is 1.24 bits per heavy atom. The minimum atomic E-state index is -0.675. The summed E-state index contributed by atoms with van der Waals surface area (Å²) < 4.78 is 0. The molecule has 1 unspecified atom stereocenters. The minimum absolute atomic E-state index is 0.0355. The van der Waals surface area contributed by atoms with Crippen LogP contribution in [0.4, 0.5) is 0 Å². The number of hydrogen-bond donors (Lipinski definition) is 1. The molecule has 2 aliphatic rings. The molecule has 0 aromatic heterocycles. The van der Waals surface area contributed by atoms with Gasteiger partial charge >= 0.3 is 0 Å². The third-order valence-electron chi connectivity index (χ3n) is 4.49. The van der Waals surface area contributed by atoms with E-state index in [1.165, 1.54) is 0 Å². The highest BCUT2D eigenvalue weighted by atomic mass is 16.2. The van der Waals surface area contributed by atoms with Crippen LogP contribution in [-0.4, -0.2) is 28.8 Å². The van der Waals surface area contributed by atoms with Gasteiger partial charge in [-0.2, -0.15) is 0 Å². The number of nitrogens with one attached hydrogen (secondary N) is 1. The van der Waals surface area contributed by atoms with Crippen molar-refractivity contribution in [3.63, 3.8) is 0 Å². The summed E-state index contributed by atoms with van der Waals surface area (Å²) in [6.07, 6.45) is 5.16. The van der Waals surface area contributed by atoms with Gasteiger partial charge in [0, 0.05) is 6.54 Å². The van der Waals surface area contributed by atoms with E-state index < -0.39 is 11.6 Å². The van der Waals surface area contributed by atoms with E-state index in [1.807, 2.05) is 30.3 Å². The summed E-state index contributed by atoms with van der Waals surface area (Å²) in [6.45, 7) is 4.13. The van der Waals surface area contributed by atoms with Crippen molar-refractivity contribution in [2.45, 2.75) is 37.3 Å².